The number of hydrogen-bond donors (Lipinski definition) is 0. The maximum Gasteiger partial charge on any atom is 0.261 e. The number of ether oxygens (including phenoxy) is 10. The fourth-order valence-electron chi connectivity index (χ4n) is 16.1. The molecule has 134 heavy (non-hydrogen) atoms. The second-order valence-corrected chi connectivity index (χ2v) is 77.2. The number of rotatable bonds is 42. The predicted octanol–water partition coefficient (Wildman–Crippen LogP) is 24.8. The minimum atomic E-state index is -2.79. The molecule has 9 rings (SSSR count). The molecule has 0 N–H and O–H groups in total. The molecule has 0 radical (unpaired) electrons. The summed E-state index contributed by atoms with van der Waals surface area (Å²) in [4.78, 5) is 26.7. The first-order valence-electron chi connectivity index (χ1n) is 48.1. The molecular formula is C110H167IO16SeSi6. The Kier molecular flexibility index (Phi) is 43.3. The first kappa shape index (κ1) is 115. The van der Waals surface area contributed by atoms with Crippen molar-refractivity contribution in [3.63, 3.8) is 0 Å². The molecule has 0 aromatic heterocycles. The summed E-state index contributed by atoms with van der Waals surface area (Å²) in [5, 5.41) is 5.75. The van der Waals surface area contributed by atoms with Gasteiger partial charge < -0.3 is 50.9 Å². The Balaban J connectivity index is 0.000000297. The Hall–Kier alpha value is -5.55. The third-order valence-corrected chi connectivity index (χ3v) is 51.3. The van der Waals surface area contributed by atoms with Gasteiger partial charge in [-0.25, -0.2) is 4.79 Å². The van der Waals surface area contributed by atoms with E-state index in [9.17, 15) is 9.59 Å². The van der Waals surface area contributed by atoms with Crippen molar-refractivity contribution in [1.29, 1.82) is 0 Å². The van der Waals surface area contributed by atoms with Crippen molar-refractivity contribution in [3.05, 3.63) is 240 Å². The summed E-state index contributed by atoms with van der Waals surface area (Å²) in [6.45, 7) is 72.3. The van der Waals surface area contributed by atoms with E-state index in [0.717, 1.165) is 44.9 Å². The molecule has 2 aliphatic heterocycles. The Morgan fingerprint density at radius 3 is 1.16 bits per heavy atom. The standard InChI is InChI=1S/C52H80O8Si3.C36H57IO4Si2.C22H30O4SeSi/c1-38-35-41(47(46(36-38)56-37-54-12)49(53)55-33-34-61(13,14)15)25-24-30-44-48(58-52(10,11)57-44)45(60-62(16,17)50(4,5)6)32-31-39(2)40(3)59-63(51(7,8)9,42-26-20-18-21-27-42)43-28-22-19-23-29-43;1-27(23-24-32(41-42(11,12)34(3,4)5)33-31(25-26-37)38-36(9,10)39-33)28(2)40-43(35(6,7)8,29-19-15-13-16-20-29)30-21-17-14-18-22-30;1-17-13-18(15-27-19-9-7-6-8-10-19)21(20(14-17)26-16-24-2)22(23)25-11-12-28(3,4)5/h18-29,31-32,35-36,39-40,44-45,48H,30,33-34,37H2,1-17H3;13-24,27-28,31-33H,25-26H2,1-12H3;6-10,13-14H,11-12,15-16H2,1-5H3/b25-24+,32-31-;24-23-;/t39-,40-,44+,45?,48+;27-,28+,31+,32?,33+;/m11./s1. The molecule has 2 fully saturated rings. The number of hydrogen-bond acceptors (Lipinski definition) is 16. The molecule has 0 aliphatic carbocycles. The van der Waals surface area contributed by atoms with E-state index in [0.29, 0.717) is 47.8 Å². The molecule has 2 unspecified atom stereocenters. The fourth-order valence-corrected chi connectivity index (χ4v) is 32.1. The first-order chi connectivity index (χ1) is 62.4. The summed E-state index contributed by atoms with van der Waals surface area (Å²) in [5.41, 5.74) is 4.63. The SMILES string of the molecule is COCOc1cc(C)cc(/C=C/C[C@@H]2OC(C)(C)O[C@@H]2C(/C=C\[C@@H](C)[C@@H](C)O[Si](c2ccccc2)(c2ccccc2)C(C)(C)C)O[Si](C)(C)C(C)(C)C)c1C(=O)OCC[Si](C)(C)C.COCOc1cc(C)cc(C[Se]c2ccccc2)c1C(=O)OCC[Si](C)(C)C.C[C@H](/C=C\C(O[Si](C)(C)C(C)(C)C)[C@H]1OC(C)(C)O[C@H]1CCI)[C@H](C)O[Si](c1ccccc1)(c1ccccc1)C(C)(C)C. The van der Waals surface area contributed by atoms with E-state index in [1.54, 1.807) is 14.2 Å². The summed E-state index contributed by atoms with van der Waals surface area (Å²) in [6.07, 6.45) is 12.9. The van der Waals surface area contributed by atoms with Crippen molar-refractivity contribution < 1.29 is 74.7 Å². The van der Waals surface area contributed by atoms with Crippen molar-refractivity contribution in [2.45, 2.75) is 329 Å². The maximum absolute atomic E-state index is 13.7. The molecule has 740 valence electrons. The van der Waals surface area contributed by atoms with E-state index < -0.39 is 79.2 Å². The van der Waals surface area contributed by atoms with E-state index in [-0.39, 0.29) is 103 Å². The summed E-state index contributed by atoms with van der Waals surface area (Å²) >= 11 is 2.66. The number of halogens is 1. The van der Waals surface area contributed by atoms with Gasteiger partial charge in [0.1, 0.15) is 23.5 Å². The zero-order valence-corrected chi connectivity index (χ0v) is 97.7. The van der Waals surface area contributed by atoms with Gasteiger partial charge >= 0.3 is 182 Å². The average Bonchev–Trinajstić information content (AvgIpc) is 0.883. The Morgan fingerprint density at radius 2 is 0.806 bits per heavy atom. The molecule has 16 nitrogen and oxygen atoms in total. The van der Waals surface area contributed by atoms with Crippen molar-refractivity contribution in [2.24, 2.45) is 11.8 Å². The minimum absolute atomic E-state index is 0.00703. The van der Waals surface area contributed by atoms with Gasteiger partial charge in [-0.05, 0) is 163 Å². The van der Waals surface area contributed by atoms with Gasteiger partial charge in [0.15, 0.2) is 35.0 Å². The molecule has 24 heteroatoms. The van der Waals surface area contributed by atoms with E-state index in [1.807, 2.05) is 84.0 Å². The van der Waals surface area contributed by atoms with Crippen molar-refractivity contribution in [3.8, 4) is 11.5 Å². The summed E-state index contributed by atoms with van der Waals surface area (Å²) in [7, 11) is -9.41. The van der Waals surface area contributed by atoms with Crippen LogP contribution < -0.4 is 34.7 Å². The van der Waals surface area contributed by atoms with Crippen LogP contribution in [0.2, 0.25) is 97.7 Å². The Labute approximate surface area is 835 Å². The maximum atomic E-state index is 13.7. The van der Waals surface area contributed by atoms with Gasteiger partial charge in [0, 0.05) is 31.8 Å². The van der Waals surface area contributed by atoms with Crippen molar-refractivity contribution >= 4 is 130 Å². The van der Waals surface area contributed by atoms with Crippen molar-refractivity contribution in [2.75, 3.05) is 45.4 Å². The third kappa shape index (κ3) is 33.3. The number of carbonyl (C=O) groups excluding carboxylic acids is 2. The van der Waals surface area contributed by atoms with Crippen LogP contribution in [-0.4, -0.2) is 182 Å². The van der Waals surface area contributed by atoms with E-state index in [4.69, 9.17) is 65.1 Å². The molecule has 0 amide bonds. The normalized spacial score (nSPS) is 18.4. The number of carbonyl (C=O) groups is 2. The van der Waals surface area contributed by atoms with Gasteiger partial charge in [0.25, 0.3) is 16.6 Å². The number of alkyl halides is 1. The fraction of sp³-hybridized carbons (Fsp3) is 0.545. The molecule has 2 saturated heterocycles. The van der Waals surface area contributed by atoms with Crippen LogP contribution in [-0.2, 0) is 60.9 Å². The van der Waals surface area contributed by atoms with E-state index >= 15 is 0 Å². The van der Waals surface area contributed by atoms with Gasteiger partial charge in [-0.2, -0.15) is 0 Å². The van der Waals surface area contributed by atoms with Gasteiger partial charge in [-0.1, -0.05) is 303 Å². The van der Waals surface area contributed by atoms with Gasteiger partial charge in [0.2, 0.25) is 0 Å². The predicted molar refractivity (Wildman–Crippen MR) is 582 cm³/mol. The molecule has 2 aliphatic rings. The minimum Gasteiger partial charge on any atom is -0.408 e. The smallest absolute Gasteiger partial charge is 0.261 e. The van der Waals surface area contributed by atoms with Gasteiger partial charge in [-0.3, -0.25) is 0 Å². The quantitative estimate of drug-likeness (QED) is 0.00886. The van der Waals surface area contributed by atoms with Crippen molar-refractivity contribution in [1.82, 2.24) is 0 Å². The molecule has 2 heterocycles. The summed E-state index contributed by atoms with van der Waals surface area (Å²) < 4.78 is 91.5. The Bertz CT molecular complexity index is 4760. The molecule has 0 saturated carbocycles. The van der Waals surface area contributed by atoms with Gasteiger partial charge in [0.05, 0.1) is 31.0 Å². The number of aryl methyl sites for hydroxylation is 2. The molecule has 7 aromatic carbocycles. The second-order valence-electron chi connectivity index (χ2n) is 44.7. The van der Waals surface area contributed by atoms with Crippen LogP contribution in [0.5, 0.6) is 11.5 Å². The van der Waals surface area contributed by atoms with Crippen LogP contribution >= 0.6 is 22.6 Å². The van der Waals surface area contributed by atoms with Crippen LogP contribution in [0.4, 0.5) is 0 Å². The molecule has 7 aromatic rings. The topological polar surface area (TPSA) is 163 Å². The van der Waals surface area contributed by atoms with Crippen LogP contribution in [0.1, 0.15) is 194 Å². The summed E-state index contributed by atoms with van der Waals surface area (Å²) in [6, 6.07) is 63.4. The summed E-state index contributed by atoms with van der Waals surface area (Å²) in [5.74, 6) is -1.00. The number of benzene rings is 7. The Morgan fingerprint density at radius 1 is 0.455 bits per heavy atom. The van der Waals surface area contributed by atoms with Gasteiger partial charge in [-0.15, -0.1) is 0 Å². The molecule has 0 spiro atoms. The largest absolute Gasteiger partial charge is 0.408 e. The second kappa shape index (κ2) is 50.2. The molecule has 0 bridgehead atoms. The van der Waals surface area contributed by atoms with Crippen LogP contribution in [0.15, 0.2) is 206 Å². The van der Waals surface area contributed by atoms with Crippen LogP contribution in [0.3, 0.4) is 0 Å². The number of esters is 2. The molecule has 10 atom stereocenters. The zero-order chi connectivity index (χ0) is 99.9. The zero-order valence-electron chi connectivity index (χ0n) is 87.9. The number of methoxy groups -OCH3 is 2. The van der Waals surface area contributed by atoms with Crippen LogP contribution in [0.25, 0.3) is 6.08 Å². The van der Waals surface area contributed by atoms with E-state index in [1.165, 1.54) is 25.2 Å². The van der Waals surface area contributed by atoms with E-state index in [2.05, 4.69) is 369 Å². The molecular weight excluding hydrogens is 1950 g/mol. The average molecular weight is 2120 g/mol. The first-order valence-corrected chi connectivity index (χ1v) is 68.8. The monoisotopic (exact) mass is 2120 g/mol. The third-order valence-electron chi connectivity index (χ3n) is 25.9. The van der Waals surface area contributed by atoms with Crippen LogP contribution in [0, 0.1) is 25.7 Å².